The molecule has 21 heavy (non-hydrogen) atoms. The summed E-state index contributed by atoms with van der Waals surface area (Å²) in [5, 5.41) is 3.93. The van der Waals surface area contributed by atoms with E-state index in [4.69, 9.17) is 4.42 Å². The van der Waals surface area contributed by atoms with Gasteiger partial charge in [-0.1, -0.05) is 19.1 Å². The Morgan fingerprint density at radius 2 is 2.14 bits per heavy atom. The summed E-state index contributed by atoms with van der Waals surface area (Å²) >= 11 is 3.33. The Morgan fingerprint density at radius 3 is 2.86 bits per heavy atom. The number of benzene rings is 1. The van der Waals surface area contributed by atoms with Gasteiger partial charge in [-0.25, -0.2) is 5.43 Å². The number of nitrogens with one attached hydrogen (secondary N) is 1. The van der Waals surface area contributed by atoms with Gasteiger partial charge in [-0.2, -0.15) is 5.10 Å². The molecule has 0 radical (unpaired) electrons. The highest BCUT2D eigenvalue weighted by atomic mass is 79.9. The summed E-state index contributed by atoms with van der Waals surface area (Å²) in [6.45, 7) is 2.21. The van der Waals surface area contributed by atoms with Crippen molar-refractivity contribution in [3.05, 3.63) is 58.0 Å². The van der Waals surface area contributed by atoms with Gasteiger partial charge in [0, 0.05) is 10.4 Å². The van der Waals surface area contributed by atoms with Gasteiger partial charge in [0.2, 0.25) is 0 Å². The highest BCUT2D eigenvalue weighted by Gasteiger charge is 2.36. The van der Waals surface area contributed by atoms with Crippen LogP contribution in [0.25, 0.3) is 0 Å². The molecule has 1 aromatic carbocycles. The number of hydrazone groups is 1. The molecule has 0 aliphatic heterocycles. The zero-order valence-corrected chi connectivity index (χ0v) is 13.1. The van der Waals surface area contributed by atoms with Gasteiger partial charge in [-0.3, -0.25) is 4.79 Å². The van der Waals surface area contributed by atoms with E-state index >= 15 is 0 Å². The number of carbonyl (C=O) groups excluding carboxylic acids is 1. The van der Waals surface area contributed by atoms with Crippen LogP contribution in [-0.4, -0.2) is 12.1 Å². The monoisotopic (exact) mass is 346 g/mol. The van der Waals surface area contributed by atoms with Gasteiger partial charge in [-0.05, 0) is 52.5 Å². The molecule has 1 aliphatic carbocycles. The summed E-state index contributed by atoms with van der Waals surface area (Å²) in [6.07, 6.45) is 2.70. The van der Waals surface area contributed by atoms with E-state index in [2.05, 4.69) is 33.4 Å². The van der Waals surface area contributed by atoms with E-state index < -0.39 is 0 Å². The van der Waals surface area contributed by atoms with Crippen molar-refractivity contribution in [2.24, 2.45) is 11.0 Å². The van der Waals surface area contributed by atoms with Gasteiger partial charge >= 0.3 is 0 Å². The predicted octanol–water partition coefficient (Wildman–Crippen LogP) is 3.93. The Morgan fingerprint density at radius 1 is 1.38 bits per heavy atom. The normalized spacial score (nSPS) is 20.7. The number of carbonyl (C=O) groups is 1. The topological polar surface area (TPSA) is 54.6 Å². The van der Waals surface area contributed by atoms with Crippen molar-refractivity contribution < 1.29 is 9.21 Å². The summed E-state index contributed by atoms with van der Waals surface area (Å²) in [5.41, 5.74) is 3.03. The second-order valence-electron chi connectivity index (χ2n) is 5.24. The fourth-order valence-corrected chi connectivity index (χ4v) is 2.68. The van der Waals surface area contributed by atoms with E-state index in [1.807, 2.05) is 24.3 Å². The van der Waals surface area contributed by atoms with E-state index in [1.54, 1.807) is 12.1 Å². The van der Waals surface area contributed by atoms with E-state index in [-0.39, 0.29) is 5.91 Å². The fraction of sp³-hybridized carbons (Fsp3) is 0.250. The van der Waals surface area contributed by atoms with Crippen LogP contribution >= 0.6 is 15.9 Å². The van der Waals surface area contributed by atoms with Crippen molar-refractivity contribution in [2.45, 2.75) is 19.3 Å². The smallest absolute Gasteiger partial charge is 0.272 e. The van der Waals surface area contributed by atoms with Crippen molar-refractivity contribution in [3.8, 4) is 0 Å². The Hall–Kier alpha value is -1.88. The molecule has 1 N–H and O–H groups in total. The molecule has 1 fully saturated rings. The fourth-order valence-electron chi connectivity index (χ4n) is 2.22. The van der Waals surface area contributed by atoms with E-state index in [0.717, 1.165) is 10.2 Å². The van der Waals surface area contributed by atoms with E-state index in [0.29, 0.717) is 23.2 Å². The maximum atomic E-state index is 11.9. The first-order valence-electron chi connectivity index (χ1n) is 6.83. The quantitative estimate of drug-likeness (QED) is 0.673. The molecule has 108 valence electrons. The van der Waals surface area contributed by atoms with Crippen LogP contribution in [0.5, 0.6) is 0 Å². The van der Waals surface area contributed by atoms with Crippen molar-refractivity contribution in [3.63, 3.8) is 0 Å². The van der Waals surface area contributed by atoms with Crippen molar-refractivity contribution in [1.29, 1.82) is 0 Å². The Balaban J connectivity index is 1.61. The minimum Gasteiger partial charge on any atom is -0.460 e. The molecule has 4 nitrogen and oxygen atoms in total. The van der Waals surface area contributed by atoms with Gasteiger partial charge in [0.1, 0.15) is 11.5 Å². The third-order valence-electron chi connectivity index (χ3n) is 3.60. The third kappa shape index (κ3) is 3.24. The molecule has 2 aromatic rings. The lowest BCUT2D eigenvalue weighted by atomic mass is 10.2. The van der Waals surface area contributed by atoms with Crippen LogP contribution < -0.4 is 5.43 Å². The SMILES string of the molecule is C[C@H]1C[C@@H]1c1ccc(/C=N\NC(=O)c2ccccc2Br)o1. The molecule has 3 rings (SSSR count). The molecule has 1 saturated carbocycles. The van der Waals surface area contributed by atoms with Crippen LogP contribution in [-0.2, 0) is 0 Å². The lowest BCUT2D eigenvalue weighted by Gasteiger charge is -2.01. The number of halogens is 1. The molecule has 0 saturated heterocycles. The number of nitrogens with zero attached hydrogens (tertiary/aromatic N) is 1. The average molecular weight is 347 g/mol. The van der Waals surface area contributed by atoms with Crippen LogP contribution in [0.3, 0.4) is 0 Å². The molecule has 1 heterocycles. The van der Waals surface area contributed by atoms with Crippen LogP contribution in [0.15, 0.2) is 50.4 Å². The summed E-state index contributed by atoms with van der Waals surface area (Å²) in [6, 6.07) is 11.1. The van der Waals surface area contributed by atoms with Crippen molar-refractivity contribution in [1.82, 2.24) is 5.43 Å². The largest absolute Gasteiger partial charge is 0.460 e. The predicted molar refractivity (Wildman–Crippen MR) is 84.4 cm³/mol. The summed E-state index contributed by atoms with van der Waals surface area (Å²) in [5.74, 6) is 2.64. The average Bonchev–Trinajstić information content (AvgIpc) is 3.01. The first kappa shape index (κ1) is 14.1. The highest BCUT2D eigenvalue weighted by Crippen LogP contribution is 2.47. The highest BCUT2D eigenvalue weighted by molar-refractivity contribution is 9.10. The third-order valence-corrected chi connectivity index (χ3v) is 4.29. The minimum atomic E-state index is -0.263. The maximum Gasteiger partial charge on any atom is 0.272 e. The molecule has 1 aliphatic rings. The van der Waals surface area contributed by atoms with Gasteiger partial charge in [0.05, 0.1) is 11.8 Å². The molecule has 2 atom stereocenters. The molecule has 1 amide bonds. The minimum absolute atomic E-state index is 0.263. The summed E-state index contributed by atoms with van der Waals surface area (Å²) in [7, 11) is 0. The Kier molecular flexibility index (Phi) is 3.92. The van der Waals surface area contributed by atoms with Gasteiger partial charge in [-0.15, -0.1) is 0 Å². The Bertz CT molecular complexity index is 693. The molecule has 0 bridgehead atoms. The number of amides is 1. The van der Waals surface area contributed by atoms with Crippen LogP contribution in [0.4, 0.5) is 0 Å². The standard InChI is InChI=1S/C16H15BrN2O2/c1-10-8-13(10)15-7-6-11(21-15)9-18-19-16(20)12-4-2-3-5-14(12)17/h2-7,9-10,13H,8H2,1H3,(H,19,20)/b18-9-/t10-,13-/m0/s1. The van der Waals surface area contributed by atoms with Crippen molar-refractivity contribution in [2.75, 3.05) is 0 Å². The van der Waals surface area contributed by atoms with Gasteiger partial charge in [0.15, 0.2) is 0 Å². The first-order valence-corrected chi connectivity index (χ1v) is 7.62. The molecule has 0 unspecified atom stereocenters. The van der Waals surface area contributed by atoms with Crippen LogP contribution in [0, 0.1) is 5.92 Å². The number of rotatable bonds is 4. The molecule has 1 aromatic heterocycles. The molecule has 5 heteroatoms. The molecule has 0 spiro atoms. The lowest BCUT2D eigenvalue weighted by Crippen LogP contribution is -2.17. The van der Waals surface area contributed by atoms with Crippen LogP contribution in [0.2, 0.25) is 0 Å². The first-order chi connectivity index (χ1) is 10.1. The Labute approximate surface area is 131 Å². The zero-order chi connectivity index (χ0) is 14.8. The summed E-state index contributed by atoms with van der Waals surface area (Å²) in [4.78, 5) is 11.9. The van der Waals surface area contributed by atoms with E-state index in [1.165, 1.54) is 12.6 Å². The number of hydrogen-bond acceptors (Lipinski definition) is 3. The zero-order valence-electron chi connectivity index (χ0n) is 11.5. The number of furan rings is 1. The maximum absolute atomic E-state index is 11.9. The summed E-state index contributed by atoms with van der Waals surface area (Å²) < 4.78 is 6.42. The van der Waals surface area contributed by atoms with Crippen molar-refractivity contribution >= 4 is 28.1 Å². The second-order valence-corrected chi connectivity index (χ2v) is 6.09. The van der Waals surface area contributed by atoms with E-state index in [9.17, 15) is 4.79 Å². The van der Waals surface area contributed by atoms with Gasteiger partial charge < -0.3 is 4.42 Å². The van der Waals surface area contributed by atoms with Crippen LogP contribution in [0.1, 0.15) is 41.1 Å². The molecular weight excluding hydrogens is 332 g/mol. The van der Waals surface area contributed by atoms with Gasteiger partial charge in [0.25, 0.3) is 5.91 Å². The second kappa shape index (κ2) is 5.85. The number of hydrogen-bond donors (Lipinski definition) is 1. The molecular formula is C16H15BrN2O2. The lowest BCUT2D eigenvalue weighted by molar-refractivity contribution is 0.0954.